The Morgan fingerprint density at radius 1 is 0.412 bits per heavy atom. The van der Waals surface area contributed by atoms with Crippen molar-refractivity contribution in [2.45, 2.75) is 12.8 Å². The topological polar surface area (TPSA) is 58.2 Å². The van der Waals surface area contributed by atoms with Gasteiger partial charge < -0.3 is 0 Å². The van der Waals surface area contributed by atoms with E-state index in [1.807, 2.05) is 121 Å². The van der Waals surface area contributed by atoms with E-state index in [1.54, 1.807) is 0 Å². The van der Waals surface area contributed by atoms with Gasteiger partial charge in [-0.25, -0.2) is 0 Å². The van der Waals surface area contributed by atoms with Crippen molar-refractivity contribution in [1.29, 1.82) is 0 Å². The first kappa shape index (κ1) is 24.4. The van der Waals surface area contributed by atoms with Gasteiger partial charge in [-0.2, -0.15) is 0 Å². The number of unbranched alkanes of at least 4 members (excludes halogenated alkanes) is 1. The van der Waals surface area contributed by atoms with Gasteiger partial charge >= 0.3 is 0 Å². The summed E-state index contributed by atoms with van der Waals surface area (Å²) < 4.78 is 28.0. The minimum absolute atomic E-state index is 0.601. The second-order valence-corrected chi connectivity index (χ2v) is 13.2. The van der Waals surface area contributed by atoms with Gasteiger partial charge in [0.2, 0.25) is 14.6 Å². The third-order valence-electron chi connectivity index (χ3n) is 5.75. The molecular formula is C28H30N2O2P2. The summed E-state index contributed by atoms with van der Waals surface area (Å²) in [4.78, 5) is 0. The molecular weight excluding hydrogens is 458 g/mol. The van der Waals surface area contributed by atoms with Gasteiger partial charge in [0.1, 0.15) is 0 Å². The lowest BCUT2D eigenvalue weighted by Gasteiger charge is -2.22. The van der Waals surface area contributed by atoms with Gasteiger partial charge in [0.05, 0.1) is 0 Å². The van der Waals surface area contributed by atoms with Crippen LogP contribution < -0.4 is 31.4 Å². The molecule has 0 bridgehead atoms. The van der Waals surface area contributed by atoms with Gasteiger partial charge in [-0.15, -0.1) is 0 Å². The average Bonchev–Trinajstić information content (AvgIpc) is 2.92. The van der Waals surface area contributed by atoms with Crippen molar-refractivity contribution in [3.63, 3.8) is 0 Å². The first-order valence-corrected chi connectivity index (χ1v) is 15.0. The molecule has 0 spiro atoms. The molecule has 34 heavy (non-hydrogen) atoms. The predicted molar refractivity (Wildman–Crippen MR) is 145 cm³/mol. The lowest BCUT2D eigenvalue weighted by Crippen LogP contribution is -2.30. The Balaban J connectivity index is 1.39. The molecule has 4 aromatic carbocycles. The highest BCUT2D eigenvalue weighted by Gasteiger charge is 2.27. The van der Waals surface area contributed by atoms with Crippen LogP contribution in [0, 0.1) is 0 Å². The van der Waals surface area contributed by atoms with Gasteiger partial charge in [-0.05, 0) is 61.4 Å². The second-order valence-electron chi connectivity index (χ2n) is 8.08. The zero-order valence-electron chi connectivity index (χ0n) is 19.1. The largest absolute Gasteiger partial charge is 0.297 e. The maximum absolute atomic E-state index is 14.0. The summed E-state index contributed by atoms with van der Waals surface area (Å²) in [5.74, 6) is 0. The third-order valence-corrected chi connectivity index (χ3v) is 11.2. The van der Waals surface area contributed by atoms with Gasteiger partial charge in [0.15, 0.2) is 0 Å². The second kappa shape index (κ2) is 11.6. The van der Waals surface area contributed by atoms with Crippen molar-refractivity contribution in [3.8, 4) is 0 Å². The van der Waals surface area contributed by atoms with E-state index >= 15 is 0 Å². The molecule has 4 aromatic rings. The van der Waals surface area contributed by atoms with E-state index in [0.717, 1.165) is 34.1 Å². The third kappa shape index (κ3) is 5.66. The molecule has 0 atom stereocenters. The molecule has 4 nitrogen and oxygen atoms in total. The highest BCUT2D eigenvalue weighted by Crippen LogP contribution is 2.39. The van der Waals surface area contributed by atoms with Crippen molar-refractivity contribution < 1.29 is 9.13 Å². The number of nitrogens with one attached hydrogen (secondary N) is 2. The van der Waals surface area contributed by atoms with E-state index in [1.165, 1.54) is 0 Å². The SMILES string of the molecule is O=P(NCCCCNP(=O)(c1ccccc1)c1ccccc1)(c1ccccc1)c1ccccc1. The van der Waals surface area contributed by atoms with Gasteiger partial charge in [0.25, 0.3) is 0 Å². The predicted octanol–water partition coefficient (Wildman–Crippen LogP) is 4.80. The van der Waals surface area contributed by atoms with E-state index in [2.05, 4.69) is 10.2 Å². The molecule has 6 heteroatoms. The fourth-order valence-electron chi connectivity index (χ4n) is 3.94. The van der Waals surface area contributed by atoms with Crippen molar-refractivity contribution in [2.24, 2.45) is 0 Å². The Kier molecular flexibility index (Phi) is 8.32. The van der Waals surface area contributed by atoms with Crippen molar-refractivity contribution in [3.05, 3.63) is 121 Å². The maximum Gasteiger partial charge on any atom is 0.204 e. The van der Waals surface area contributed by atoms with Crippen LogP contribution in [0.15, 0.2) is 121 Å². The molecule has 0 aliphatic heterocycles. The van der Waals surface area contributed by atoms with Gasteiger partial charge in [-0.1, -0.05) is 72.8 Å². The molecule has 0 aliphatic rings. The molecule has 0 fully saturated rings. The summed E-state index contributed by atoms with van der Waals surface area (Å²) in [5, 5.41) is 9.91. The smallest absolute Gasteiger partial charge is 0.204 e. The zero-order chi connectivity index (χ0) is 23.7. The molecule has 0 heterocycles. The van der Waals surface area contributed by atoms with Crippen LogP contribution in [0.5, 0.6) is 0 Å². The van der Waals surface area contributed by atoms with Crippen LogP contribution in [0.3, 0.4) is 0 Å². The molecule has 4 rings (SSSR count). The normalized spacial score (nSPS) is 11.9. The van der Waals surface area contributed by atoms with Gasteiger partial charge in [0, 0.05) is 34.3 Å². The monoisotopic (exact) mass is 488 g/mol. The molecule has 174 valence electrons. The van der Waals surface area contributed by atoms with E-state index in [9.17, 15) is 9.13 Å². The van der Waals surface area contributed by atoms with Crippen LogP contribution in [0.25, 0.3) is 0 Å². The number of benzene rings is 4. The minimum Gasteiger partial charge on any atom is -0.297 e. The van der Waals surface area contributed by atoms with Crippen LogP contribution in [0.2, 0.25) is 0 Å². The van der Waals surface area contributed by atoms with E-state index in [-0.39, 0.29) is 0 Å². The number of rotatable bonds is 11. The van der Waals surface area contributed by atoms with Crippen LogP contribution in [-0.4, -0.2) is 13.1 Å². The lowest BCUT2D eigenvalue weighted by atomic mass is 10.3. The molecule has 2 N–H and O–H groups in total. The molecule has 0 amide bonds. The zero-order valence-corrected chi connectivity index (χ0v) is 20.9. The molecule has 0 aliphatic carbocycles. The Hall–Kier alpha value is -2.74. The first-order chi connectivity index (χ1) is 16.6. The average molecular weight is 489 g/mol. The summed E-state index contributed by atoms with van der Waals surface area (Å²) in [5.41, 5.74) is 0. The summed E-state index contributed by atoms with van der Waals surface area (Å²) in [6.07, 6.45) is 1.61. The lowest BCUT2D eigenvalue weighted by molar-refractivity contribution is 0.569. The number of hydrogen-bond donors (Lipinski definition) is 2. The first-order valence-electron chi connectivity index (χ1n) is 11.6. The molecule has 0 radical (unpaired) electrons. The highest BCUT2D eigenvalue weighted by atomic mass is 31.2. The fourth-order valence-corrected chi connectivity index (χ4v) is 8.58. The van der Waals surface area contributed by atoms with E-state index < -0.39 is 14.6 Å². The fraction of sp³-hybridized carbons (Fsp3) is 0.143. The summed E-state index contributed by atoms with van der Waals surface area (Å²) in [6.45, 7) is 1.20. The quantitative estimate of drug-likeness (QED) is 0.235. The maximum atomic E-state index is 14.0. The molecule has 0 saturated carbocycles. The standard InChI is InChI=1S/C28H30N2O2P2/c31-33(25-15-5-1-6-16-25,26-17-7-2-8-18-26)29-23-13-14-24-30-34(32,27-19-9-3-10-20-27)28-21-11-4-12-22-28/h1-12,15-22H,13-14,23-24H2,(H,29,31)(H,30,32). The van der Waals surface area contributed by atoms with Crippen LogP contribution >= 0.6 is 14.6 Å². The Bertz CT molecular complexity index is 1060. The van der Waals surface area contributed by atoms with Gasteiger partial charge in [-0.3, -0.25) is 19.3 Å². The summed E-state index contributed by atoms with van der Waals surface area (Å²) >= 11 is 0. The van der Waals surface area contributed by atoms with Crippen LogP contribution in [-0.2, 0) is 9.13 Å². The van der Waals surface area contributed by atoms with Crippen molar-refractivity contribution in [1.82, 2.24) is 10.2 Å². The van der Waals surface area contributed by atoms with Crippen molar-refractivity contribution >= 4 is 35.8 Å². The van der Waals surface area contributed by atoms with Crippen LogP contribution in [0.1, 0.15) is 12.8 Å². The molecule has 0 saturated heterocycles. The Morgan fingerprint density at radius 3 is 0.882 bits per heavy atom. The summed E-state index contributed by atoms with van der Waals surface area (Å²) in [6, 6.07) is 38.4. The minimum atomic E-state index is -2.93. The van der Waals surface area contributed by atoms with Crippen molar-refractivity contribution in [2.75, 3.05) is 13.1 Å². The van der Waals surface area contributed by atoms with E-state index in [4.69, 9.17) is 0 Å². The van der Waals surface area contributed by atoms with E-state index in [0.29, 0.717) is 13.1 Å². The number of hydrogen-bond acceptors (Lipinski definition) is 2. The Labute approximate surface area is 202 Å². The molecule has 0 aromatic heterocycles. The Morgan fingerprint density at radius 2 is 0.647 bits per heavy atom. The van der Waals surface area contributed by atoms with Crippen LogP contribution in [0.4, 0.5) is 0 Å². The highest BCUT2D eigenvalue weighted by molar-refractivity contribution is 7.77. The summed E-state index contributed by atoms with van der Waals surface area (Å²) in [7, 11) is -5.85. The molecule has 0 unspecified atom stereocenters.